The van der Waals surface area contributed by atoms with Crippen LogP contribution in [0.2, 0.25) is 0 Å². The fourth-order valence-electron chi connectivity index (χ4n) is 1.84. The zero-order valence-electron chi connectivity index (χ0n) is 7.77. The Balaban J connectivity index is 2.76. The SMILES string of the molecule is Nc1c2ccccc2n2cn[nH]c(=O)c12. The maximum absolute atomic E-state index is 11.6. The van der Waals surface area contributed by atoms with Gasteiger partial charge in [0.25, 0.3) is 5.56 Å². The van der Waals surface area contributed by atoms with E-state index in [4.69, 9.17) is 5.73 Å². The molecule has 2 aromatic heterocycles. The number of aromatic nitrogens is 3. The average molecular weight is 200 g/mol. The van der Waals surface area contributed by atoms with Gasteiger partial charge in [0.1, 0.15) is 11.8 Å². The molecule has 0 aliphatic rings. The molecule has 0 atom stereocenters. The molecule has 0 fully saturated rings. The fourth-order valence-corrected chi connectivity index (χ4v) is 1.84. The second kappa shape index (κ2) is 2.60. The molecule has 5 nitrogen and oxygen atoms in total. The lowest BCUT2D eigenvalue weighted by Crippen LogP contribution is -2.11. The molecule has 0 radical (unpaired) electrons. The van der Waals surface area contributed by atoms with Crippen LogP contribution in [0.5, 0.6) is 0 Å². The first-order chi connectivity index (χ1) is 7.29. The third-order valence-electron chi connectivity index (χ3n) is 2.50. The average Bonchev–Trinajstić information content (AvgIpc) is 2.55. The van der Waals surface area contributed by atoms with E-state index in [1.165, 1.54) is 0 Å². The molecule has 0 saturated carbocycles. The van der Waals surface area contributed by atoms with Crippen molar-refractivity contribution < 1.29 is 0 Å². The molecule has 74 valence electrons. The van der Waals surface area contributed by atoms with Crippen LogP contribution in [0.15, 0.2) is 35.4 Å². The van der Waals surface area contributed by atoms with Gasteiger partial charge in [0.15, 0.2) is 0 Å². The summed E-state index contributed by atoms with van der Waals surface area (Å²) in [6.07, 6.45) is 1.55. The molecule has 15 heavy (non-hydrogen) atoms. The summed E-state index contributed by atoms with van der Waals surface area (Å²) in [5.41, 5.74) is 7.47. The molecule has 0 amide bonds. The van der Waals surface area contributed by atoms with Crippen LogP contribution >= 0.6 is 0 Å². The van der Waals surface area contributed by atoms with Gasteiger partial charge < -0.3 is 5.73 Å². The zero-order chi connectivity index (χ0) is 10.4. The van der Waals surface area contributed by atoms with Gasteiger partial charge in [0.05, 0.1) is 11.2 Å². The fraction of sp³-hybridized carbons (Fsp3) is 0. The Labute approximate surface area is 84.1 Å². The van der Waals surface area contributed by atoms with Gasteiger partial charge >= 0.3 is 0 Å². The summed E-state index contributed by atoms with van der Waals surface area (Å²) in [6.45, 7) is 0. The molecular formula is C10H8N4O. The highest BCUT2D eigenvalue weighted by Gasteiger charge is 2.10. The highest BCUT2D eigenvalue weighted by Crippen LogP contribution is 2.25. The van der Waals surface area contributed by atoms with Crippen LogP contribution in [0, 0.1) is 0 Å². The number of hydrogen-bond donors (Lipinski definition) is 2. The van der Waals surface area contributed by atoms with Gasteiger partial charge in [-0.15, -0.1) is 0 Å². The van der Waals surface area contributed by atoms with E-state index in [1.807, 2.05) is 24.3 Å². The van der Waals surface area contributed by atoms with E-state index in [-0.39, 0.29) is 5.56 Å². The minimum absolute atomic E-state index is 0.272. The van der Waals surface area contributed by atoms with Gasteiger partial charge in [-0.2, -0.15) is 5.10 Å². The first-order valence-electron chi connectivity index (χ1n) is 4.51. The number of anilines is 1. The van der Waals surface area contributed by atoms with Crippen LogP contribution in [-0.4, -0.2) is 14.6 Å². The van der Waals surface area contributed by atoms with Crippen molar-refractivity contribution in [3.63, 3.8) is 0 Å². The number of aromatic amines is 1. The number of benzene rings is 1. The molecule has 0 saturated heterocycles. The zero-order valence-corrected chi connectivity index (χ0v) is 7.77. The van der Waals surface area contributed by atoms with Crippen LogP contribution in [0.1, 0.15) is 0 Å². The van der Waals surface area contributed by atoms with Crippen molar-refractivity contribution in [3.05, 3.63) is 40.9 Å². The Morgan fingerprint density at radius 2 is 2.13 bits per heavy atom. The molecular weight excluding hydrogens is 192 g/mol. The summed E-state index contributed by atoms with van der Waals surface area (Å²) >= 11 is 0. The Bertz CT molecular complexity index is 710. The molecule has 5 heteroatoms. The van der Waals surface area contributed by atoms with Gasteiger partial charge in [0.2, 0.25) is 0 Å². The van der Waals surface area contributed by atoms with E-state index in [0.717, 1.165) is 10.9 Å². The van der Waals surface area contributed by atoms with E-state index >= 15 is 0 Å². The second-order valence-corrected chi connectivity index (χ2v) is 3.33. The minimum Gasteiger partial charge on any atom is -0.396 e. The number of H-pyrrole nitrogens is 1. The topological polar surface area (TPSA) is 76.2 Å². The maximum Gasteiger partial charge on any atom is 0.290 e. The second-order valence-electron chi connectivity index (χ2n) is 3.33. The van der Waals surface area contributed by atoms with Crippen LogP contribution in [0.4, 0.5) is 5.69 Å². The van der Waals surface area contributed by atoms with E-state index in [2.05, 4.69) is 10.2 Å². The number of para-hydroxylation sites is 1. The normalized spacial score (nSPS) is 11.2. The van der Waals surface area contributed by atoms with Crippen molar-refractivity contribution in [2.45, 2.75) is 0 Å². The summed E-state index contributed by atoms with van der Waals surface area (Å²) in [6, 6.07) is 7.58. The summed E-state index contributed by atoms with van der Waals surface area (Å²) in [5, 5.41) is 6.99. The van der Waals surface area contributed by atoms with Crippen molar-refractivity contribution in [3.8, 4) is 0 Å². The van der Waals surface area contributed by atoms with Crippen molar-refractivity contribution in [2.75, 3.05) is 5.73 Å². The Morgan fingerprint density at radius 1 is 1.33 bits per heavy atom. The number of nitrogens with one attached hydrogen (secondary N) is 1. The van der Waals surface area contributed by atoms with Gasteiger partial charge in [-0.3, -0.25) is 9.20 Å². The van der Waals surface area contributed by atoms with Gasteiger partial charge in [-0.25, -0.2) is 5.10 Å². The smallest absolute Gasteiger partial charge is 0.290 e. The Morgan fingerprint density at radius 3 is 3.00 bits per heavy atom. The lowest BCUT2D eigenvalue weighted by molar-refractivity contribution is 0.931. The van der Waals surface area contributed by atoms with Crippen LogP contribution < -0.4 is 11.3 Å². The number of nitrogens with zero attached hydrogens (tertiary/aromatic N) is 2. The molecule has 2 heterocycles. The van der Waals surface area contributed by atoms with Crippen LogP contribution in [0.25, 0.3) is 16.4 Å². The van der Waals surface area contributed by atoms with E-state index < -0.39 is 0 Å². The number of rotatable bonds is 0. The number of hydrogen-bond acceptors (Lipinski definition) is 3. The minimum atomic E-state index is -0.272. The first-order valence-corrected chi connectivity index (χ1v) is 4.51. The summed E-state index contributed by atoms with van der Waals surface area (Å²) in [5.74, 6) is 0. The van der Waals surface area contributed by atoms with Gasteiger partial charge in [0, 0.05) is 5.39 Å². The van der Waals surface area contributed by atoms with E-state index in [9.17, 15) is 4.79 Å². The molecule has 3 aromatic rings. The summed E-state index contributed by atoms with van der Waals surface area (Å²) in [4.78, 5) is 11.6. The summed E-state index contributed by atoms with van der Waals surface area (Å²) in [7, 11) is 0. The molecule has 3 N–H and O–H groups in total. The molecule has 0 aliphatic carbocycles. The van der Waals surface area contributed by atoms with Crippen LogP contribution in [0.3, 0.4) is 0 Å². The molecule has 0 aliphatic heterocycles. The maximum atomic E-state index is 11.6. The Kier molecular flexibility index (Phi) is 1.39. The molecule has 1 aromatic carbocycles. The standard InChI is InChI=1S/C10H8N4O/c11-8-6-3-1-2-4-7(6)14-5-12-13-10(15)9(8)14/h1-5H,11H2,(H,13,15). The Hall–Kier alpha value is -2.30. The molecule has 0 bridgehead atoms. The number of nitrogen functional groups attached to an aromatic ring is 1. The summed E-state index contributed by atoms with van der Waals surface area (Å²) < 4.78 is 1.70. The van der Waals surface area contributed by atoms with Crippen molar-refractivity contribution in [1.29, 1.82) is 0 Å². The lowest BCUT2D eigenvalue weighted by atomic mass is 10.2. The third-order valence-corrected chi connectivity index (χ3v) is 2.50. The lowest BCUT2D eigenvalue weighted by Gasteiger charge is -1.92. The van der Waals surface area contributed by atoms with Crippen LogP contribution in [-0.2, 0) is 0 Å². The molecule has 3 rings (SSSR count). The van der Waals surface area contributed by atoms with Crippen molar-refractivity contribution >= 4 is 22.1 Å². The highest BCUT2D eigenvalue weighted by molar-refractivity contribution is 6.01. The highest BCUT2D eigenvalue weighted by atomic mass is 16.1. The predicted molar refractivity (Wildman–Crippen MR) is 57.7 cm³/mol. The predicted octanol–water partition coefficient (Wildman–Crippen LogP) is 0.758. The number of nitrogens with two attached hydrogens (primary N) is 1. The van der Waals surface area contributed by atoms with Crippen molar-refractivity contribution in [2.24, 2.45) is 0 Å². The monoisotopic (exact) mass is 200 g/mol. The van der Waals surface area contributed by atoms with Gasteiger partial charge in [-0.1, -0.05) is 18.2 Å². The third kappa shape index (κ3) is 0.914. The molecule has 0 spiro atoms. The van der Waals surface area contributed by atoms with E-state index in [0.29, 0.717) is 11.2 Å². The largest absolute Gasteiger partial charge is 0.396 e. The van der Waals surface area contributed by atoms with Crippen molar-refractivity contribution in [1.82, 2.24) is 14.6 Å². The van der Waals surface area contributed by atoms with E-state index in [1.54, 1.807) is 10.7 Å². The quantitative estimate of drug-likeness (QED) is 0.562. The first kappa shape index (κ1) is 8.05. The molecule has 0 unspecified atom stereocenters. The number of fused-ring (bicyclic) bond motifs is 3. The van der Waals surface area contributed by atoms with Gasteiger partial charge in [-0.05, 0) is 6.07 Å².